The van der Waals surface area contributed by atoms with Gasteiger partial charge in [0.05, 0.1) is 22.9 Å². The fourth-order valence-corrected chi connectivity index (χ4v) is 4.01. The van der Waals surface area contributed by atoms with E-state index in [1.54, 1.807) is 6.20 Å². The van der Waals surface area contributed by atoms with Crippen LogP contribution < -0.4 is 11.1 Å². The van der Waals surface area contributed by atoms with E-state index in [-0.39, 0.29) is 5.91 Å². The standard InChI is InChI=1S/C14H13ClN4OS2/c1-6-9-11(16)12(22-14(9)19-7(2)10(6)15)13(20)18-5-8-17-3-4-21-8/h3-4H,5,16H2,1-2H3,(H,18,20). The van der Waals surface area contributed by atoms with E-state index in [0.717, 1.165) is 26.5 Å². The third-order valence-corrected chi connectivity index (χ3v) is 5.74. The average Bonchev–Trinajstić information content (AvgIpc) is 3.10. The van der Waals surface area contributed by atoms with Gasteiger partial charge in [0.25, 0.3) is 5.91 Å². The number of hydrogen-bond donors (Lipinski definition) is 2. The maximum absolute atomic E-state index is 12.3. The summed E-state index contributed by atoms with van der Waals surface area (Å²) in [6.07, 6.45) is 1.71. The minimum atomic E-state index is -0.219. The Labute approximate surface area is 140 Å². The maximum Gasteiger partial charge on any atom is 0.263 e. The molecule has 0 saturated heterocycles. The number of halogens is 1. The van der Waals surface area contributed by atoms with E-state index in [1.807, 2.05) is 19.2 Å². The van der Waals surface area contributed by atoms with Crippen LogP contribution in [0.3, 0.4) is 0 Å². The fraction of sp³-hybridized carbons (Fsp3) is 0.214. The van der Waals surface area contributed by atoms with Gasteiger partial charge in [-0.3, -0.25) is 4.79 Å². The Balaban J connectivity index is 1.95. The molecule has 0 fully saturated rings. The lowest BCUT2D eigenvalue weighted by molar-refractivity contribution is 0.0956. The number of thiazole rings is 1. The molecule has 0 aromatic carbocycles. The van der Waals surface area contributed by atoms with E-state index in [0.29, 0.717) is 22.1 Å². The van der Waals surface area contributed by atoms with Crippen LogP contribution in [0.2, 0.25) is 5.02 Å². The van der Waals surface area contributed by atoms with Crippen LogP contribution >= 0.6 is 34.3 Å². The molecule has 0 aliphatic rings. The SMILES string of the molecule is Cc1nc2sc(C(=O)NCc3nccs3)c(N)c2c(C)c1Cl. The largest absolute Gasteiger partial charge is 0.397 e. The molecule has 0 radical (unpaired) electrons. The normalized spacial score (nSPS) is 11.0. The summed E-state index contributed by atoms with van der Waals surface area (Å²) in [5.41, 5.74) is 8.18. The highest BCUT2D eigenvalue weighted by Gasteiger charge is 2.20. The first-order chi connectivity index (χ1) is 10.5. The quantitative estimate of drug-likeness (QED) is 0.755. The highest BCUT2D eigenvalue weighted by atomic mass is 35.5. The molecule has 0 unspecified atom stereocenters. The number of carbonyl (C=O) groups excluding carboxylic acids is 1. The molecule has 8 heteroatoms. The summed E-state index contributed by atoms with van der Waals surface area (Å²) in [4.78, 5) is 22.1. The number of aryl methyl sites for hydroxylation is 2. The first kappa shape index (κ1) is 15.2. The van der Waals surface area contributed by atoms with Crippen LogP contribution in [0.25, 0.3) is 10.2 Å². The van der Waals surface area contributed by atoms with Crippen molar-refractivity contribution in [1.29, 1.82) is 0 Å². The molecule has 114 valence electrons. The zero-order valence-corrected chi connectivity index (χ0v) is 14.3. The number of nitrogen functional groups attached to an aromatic ring is 1. The van der Waals surface area contributed by atoms with E-state index in [2.05, 4.69) is 15.3 Å². The lowest BCUT2D eigenvalue weighted by Crippen LogP contribution is -2.22. The van der Waals surface area contributed by atoms with E-state index in [9.17, 15) is 4.79 Å². The highest BCUT2D eigenvalue weighted by molar-refractivity contribution is 7.21. The van der Waals surface area contributed by atoms with Crippen molar-refractivity contribution in [3.8, 4) is 0 Å². The van der Waals surface area contributed by atoms with Crippen LogP contribution in [-0.4, -0.2) is 15.9 Å². The van der Waals surface area contributed by atoms with Gasteiger partial charge in [-0.05, 0) is 19.4 Å². The molecular weight excluding hydrogens is 340 g/mol. The second-order valence-corrected chi connectivity index (χ2v) is 7.13. The molecule has 3 N–H and O–H groups in total. The molecule has 22 heavy (non-hydrogen) atoms. The van der Waals surface area contributed by atoms with Gasteiger partial charge in [-0.15, -0.1) is 22.7 Å². The molecule has 0 aliphatic heterocycles. The molecule has 0 spiro atoms. The molecule has 5 nitrogen and oxygen atoms in total. The number of carbonyl (C=O) groups is 1. The van der Waals surface area contributed by atoms with Gasteiger partial charge in [0, 0.05) is 17.0 Å². The van der Waals surface area contributed by atoms with Crippen LogP contribution in [-0.2, 0) is 6.54 Å². The van der Waals surface area contributed by atoms with Crippen LogP contribution in [0, 0.1) is 13.8 Å². The Morgan fingerprint density at radius 2 is 2.23 bits per heavy atom. The van der Waals surface area contributed by atoms with Crippen LogP contribution in [0.1, 0.15) is 25.9 Å². The maximum atomic E-state index is 12.3. The number of anilines is 1. The molecule has 3 aromatic rings. The van der Waals surface area contributed by atoms with Crippen molar-refractivity contribution in [2.24, 2.45) is 0 Å². The van der Waals surface area contributed by atoms with Crippen molar-refractivity contribution >= 4 is 56.1 Å². The molecule has 0 bridgehead atoms. The van der Waals surface area contributed by atoms with Crippen LogP contribution in [0.5, 0.6) is 0 Å². The van der Waals surface area contributed by atoms with Gasteiger partial charge >= 0.3 is 0 Å². The van der Waals surface area contributed by atoms with Crippen LogP contribution in [0.15, 0.2) is 11.6 Å². The molecule has 0 atom stereocenters. The van der Waals surface area contributed by atoms with E-state index < -0.39 is 0 Å². The number of hydrogen-bond acceptors (Lipinski definition) is 6. The molecule has 3 rings (SSSR count). The minimum absolute atomic E-state index is 0.219. The zero-order chi connectivity index (χ0) is 15.9. The van der Waals surface area contributed by atoms with Gasteiger partial charge in [-0.2, -0.15) is 0 Å². The summed E-state index contributed by atoms with van der Waals surface area (Å²) in [5.74, 6) is -0.219. The lowest BCUT2D eigenvalue weighted by Gasteiger charge is -2.04. The minimum Gasteiger partial charge on any atom is -0.397 e. The number of amides is 1. The first-order valence-corrected chi connectivity index (χ1v) is 8.57. The van der Waals surface area contributed by atoms with Crippen molar-refractivity contribution in [2.45, 2.75) is 20.4 Å². The van der Waals surface area contributed by atoms with Gasteiger partial charge in [-0.1, -0.05) is 11.6 Å². The zero-order valence-electron chi connectivity index (χ0n) is 11.9. The third kappa shape index (κ3) is 2.55. The summed E-state index contributed by atoms with van der Waals surface area (Å²) in [5, 5.41) is 6.90. The summed E-state index contributed by atoms with van der Waals surface area (Å²) in [7, 11) is 0. The van der Waals surface area contributed by atoms with Gasteiger partial charge in [-0.25, -0.2) is 9.97 Å². The second kappa shape index (κ2) is 5.83. The Morgan fingerprint density at radius 1 is 1.45 bits per heavy atom. The van der Waals surface area contributed by atoms with E-state index in [4.69, 9.17) is 17.3 Å². The Bertz CT molecular complexity index is 858. The number of pyridine rings is 1. The molecule has 1 amide bonds. The first-order valence-electron chi connectivity index (χ1n) is 6.50. The average molecular weight is 353 g/mol. The van der Waals surface area contributed by atoms with Gasteiger partial charge in [0.2, 0.25) is 0 Å². The Hall–Kier alpha value is -1.70. The van der Waals surface area contributed by atoms with Crippen molar-refractivity contribution in [1.82, 2.24) is 15.3 Å². The summed E-state index contributed by atoms with van der Waals surface area (Å²) < 4.78 is 0. The molecule has 3 heterocycles. The number of nitrogens with zero attached hydrogens (tertiary/aromatic N) is 2. The number of aromatic nitrogens is 2. The smallest absolute Gasteiger partial charge is 0.263 e. The van der Waals surface area contributed by atoms with Gasteiger partial charge < -0.3 is 11.1 Å². The van der Waals surface area contributed by atoms with Crippen molar-refractivity contribution in [3.05, 3.63) is 37.7 Å². The lowest BCUT2D eigenvalue weighted by atomic mass is 10.1. The molecule has 0 aliphatic carbocycles. The van der Waals surface area contributed by atoms with Gasteiger partial charge in [0.15, 0.2) is 0 Å². The number of thiophene rings is 1. The fourth-order valence-electron chi connectivity index (χ4n) is 2.20. The summed E-state index contributed by atoms with van der Waals surface area (Å²) >= 11 is 9.00. The number of nitrogens with one attached hydrogen (secondary N) is 1. The van der Waals surface area contributed by atoms with Crippen molar-refractivity contribution < 1.29 is 4.79 Å². The van der Waals surface area contributed by atoms with Gasteiger partial charge in [0.1, 0.15) is 14.7 Å². The molecule has 3 aromatic heterocycles. The van der Waals surface area contributed by atoms with E-state index >= 15 is 0 Å². The third-order valence-electron chi connectivity index (χ3n) is 3.31. The number of rotatable bonds is 3. The summed E-state index contributed by atoms with van der Waals surface area (Å²) in [6.45, 7) is 4.11. The van der Waals surface area contributed by atoms with Crippen molar-refractivity contribution in [2.75, 3.05) is 5.73 Å². The van der Waals surface area contributed by atoms with Crippen LogP contribution in [0.4, 0.5) is 5.69 Å². The molecule has 0 saturated carbocycles. The monoisotopic (exact) mass is 352 g/mol. The van der Waals surface area contributed by atoms with Crippen molar-refractivity contribution in [3.63, 3.8) is 0 Å². The number of nitrogens with two attached hydrogens (primary N) is 1. The Kier molecular flexibility index (Phi) is 4.03. The predicted octanol–water partition coefficient (Wildman–Crippen LogP) is 3.54. The Morgan fingerprint density at radius 3 is 2.91 bits per heavy atom. The predicted molar refractivity (Wildman–Crippen MR) is 91.8 cm³/mol. The van der Waals surface area contributed by atoms with E-state index in [1.165, 1.54) is 22.7 Å². The highest BCUT2D eigenvalue weighted by Crippen LogP contribution is 2.38. The number of fused-ring (bicyclic) bond motifs is 1. The second-order valence-electron chi connectivity index (χ2n) is 4.77. The summed E-state index contributed by atoms with van der Waals surface area (Å²) in [6, 6.07) is 0. The topological polar surface area (TPSA) is 80.9 Å². The molecular formula is C14H13ClN4OS2.